The lowest BCUT2D eigenvalue weighted by Crippen LogP contribution is -2.26. The summed E-state index contributed by atoms with van der Waals surface area (Å²) in [5, 5.41) is 0. The normalized spacial score (nSPS) is 15.2. The summed E-state index contributed by atoms with van der Waals surface area (Å²) < 4.78 is 0. The van der Waals surface area contributed by atoms with Crippen molar-refractivity contribution >= 4 is 34.1 Å². The standard InChI is InChI=1S/C116H80N2/c1-113(2)95-44-16-8-36-86(95)90-67-65-82(71-105(90)113)117(81-34-25-33-80(70-81)79-32-24-31-78(69-79)73-29-6-5-7-30-73)108-55-27-53-104-111(108)94-42-14-22-50-101(94)116(104)99-48-20-12-40-92(99)110-85(43-26-51-102(110)116)77-63-59-75(60-64-77)74-57-61-76(62-58-74)84-35-15-23-54-107(84)118(83-66-68-91-87-37-9-17-45-96(87)114(3,4)106(91)72-83)109-56-28-52-103-112(109)93-41-13-21-49-100(93)115(103)97-46-18-10-38-88(97)89-39-11-19-47-98(89)115/h5-72H,1-4H3. The molecule has 6 aliphatic carbocycles. The quantitative estimate of drug-likeness (QED) is 0.127. The second-order valence-electron chi connectivity index (χ2n) is 34.0. The van der Waals surface area contributed by atoms with E-state index in [2.05, 4.69) is 450 Å². The van der Waals surface area contributed by atoms with Crippen molar-refractivity contribution in [2.24, 2.45) is 0 Å². The maximum atomic E-state index is 2.59. The highest BCUT2D eigenvalue weighted by molar-refractivity contribution is 6.07. The van der Waals surface area contributed by atoms with Crippen LogP contribution in [-0.4, -0.2) is 0 Å². The summed E-state index contributed by atoms with van der Waals surface area (Å²) in [6.45, 7) is 9.57. The Morgan fingerprint density at radius 3 is 0.958 bits per heavy atom. The summed E-state index contributed by atoms with van der Waals surface area (Å²) in [4.78, 5) is 5.15. The van der Waals surface area contributed by atoms with Crippen molar-refractivity contribution < 1.29 is 0 Å². The van der Waals surface area contributed by atoms with Gasteiger partial charge in [0.2, 0.25) is 0 Å². The summed E-state index contributed by atoms with van der Waals surface area (Å²) in [6.07, 6.45) is 0. The highest BCUT2D eigenvalue weighted by Gasteiger charge is 2.55. The fourth-order valence-electron chi connectivity index (χ4n) is 22.4. The van der Waals surface area contributed by atoms with Crippen molar-refractivity contribution in [3.63, 3.8) is 0 Å². The molecule has 0 bridgehead atoms. The van der Waals surface area contributed by atoms with Crippen LogP contribution in [0.3, 0.4) is 0 Å². The molecule has 2 nitrogen and oxygen atoms in total. The second-order valence-corrected chi connectivity index (χ2v) is 34.0. The summed E-state index contributed by atoms with van der Waals surface area (Å²) in [7, 11) is 0. The molecule has 24 rings (SSSR count). The van der Waals surface area contributed by atoms with Gasteiger partial charge in [-0.2, -0.15) is 0 Å². The zero-order chi connectivity index (χ0) is 78.3. The molecule has 0 aliphatic heterocycles. The topological polar surface area (TPSA) is 6.48 Å². The predicted molar refractivity (Wildman–Crippen MR) is 491 cm³/mol. The van der Waals surface area contributed by atoms with Gasteiger partial charge in [0.05, 0.1) is 27.9 Å². The van der Waals surface area contributed by atoms with E-state index in [4.69, 9.17) is 0 Å². The van der Waals surface area contributed by atoms with Gasteiger partial charge in [-0.1, -0.05) is 380 Å². The van der Waals surface area contributed by atoms with Crippen LogP contribution in [0, 0.1) is 0 Å². The molecule has 1 atom stereocenters. The Bertz CT molecular complexity index is 7210. The molecule has 118 heavy (non-hydrogen) atoms. The molecular formula is C116H80N2. The Morgan fingerprint density at radius 2 is 0.441 bits per heavy atom. The average Bonchev–Trinajstić information content (AvgIpc) is 1.51. The first kappa shape index (κ1) is 68.0. The van der Waals surface area contributed by atoms with Crippen molar-refractivity contribution in [2.45, 2.75) is 49.4 Å². The Labute approximate surface area is 690 Å². The highest BCUT2D eigenvalue weighted by Crippen LogP contribution is 2.68. The van der Waals surface area contributed by atoms with E-state index < -0.39 is 10.8 Å². The molecular weight excluding hydrogens is 1420 g/mol. The van der Waals surface area contributed by atoms with Crippen LogP contribution in [0.5, 0.6) is 0 Å². The van der Waals surface area contributed by atoms with Gasteiger partial charge < -0.3 is 9.80 Å². The minimum Gasteiger partial charge on any atom is -0.310 e. The molecule has 18 aromatic rings. The monoisotopic (exact) mass is 1500 g/mol. The number of hydrogen-bond acceptors (Lipinski definition) is 2. The molecule has 0 saturated carbocycles. The second kappa shape index (κ2) is 25.5. The average molecular weight is 1500 g/mol. The highest BCUT2D eigenvalue weighted by atomic mass is 15.2. The van der Waals surface area contributed by atoms with Gasteiger partial charge >= 0.3 is 0 Å². The summed E-state index contributed by atoms with van der Waals surface area (Å²) in [6, 6.07) is 157. The van der Waals surface area contributed by atoms with E-state index in [1.165, 1.54) is 161 Å². The first-order valence-electron chi connectivity index (χ1n) is 41.6. The van der Waals surface area contributed by atoms with Crippen molar-refractivity contribution in [2.75, 3.05) is 9.80 Å². The number of anilines is 6. The van der Waals surface area contributed by atoms with Gasteiger partial charge in [0.25, 0.3) is 0 Å². The fourth-order valence-corrected chi connectivity index (χ4v) is 22.4. The van der Waals surface area contributed by atoms with Crippen molar-refractivity contribution in [3.8, 4) is 122 Å². The smallest absolute Gasteiger partial charge is 0.0726 e. The first-order valence-corrected chi connectivity index (χ1v) is 41.6. The van der Waals surface area contributed by atoms with E-state index in [9.17, 15) is 0 Å². The fraction of sp³-hybridized carbons (Fsp3) is 0.0690. The van der Waals surface area contributed by atoms with E-state index in [1.807, 2.05) is 0 Å². The Hall–Kier alpha value is -14.4. The Morgan fingerprint density at radius 1 is 0.153 bits per heavy atom. The van der Waals surface area contributed by atoms with Crippen LogP contribution in [0.15, 0.2) is 413 Å². The lowest BCUT2D eigenvalue weighted by Gasteiger charge is -2.33. The van der Waals surface area contributed by atoms with Crippen LogP contribution in [0.4, 0.5) is 34.1 Å². The Kier molecular flexibility index (Phi) is 14.7. The molecule has 0 fully saturated rings. The zero-order valence-electron chi connectivity index (χ0n) is 66.2. The lowest BCUT2D eigenvalue weighted by molar-refractivity contribution is 0.660. The molecule has 0 aromatic heterocycles. The summed E-state index contributed by atoms with van der Waals surface area (Å²) >= 11 is 0. The molecule has 0 N–H and O–H groups in total. The van der Waals surface area contributed by atoms with Crippen molar-refractivity contribution in [1.29, 1.82) is 0 Å². The maximum absolute atomic E-state index is 2.59. The number of benzene rings is 18. The number of rotatable bonds is 11. The van der Waals surface area contributed by atoms with E-state index in [1.54, 1.807) is 0 Å². The van der Waals surface area contributed by atoms with Crippen LogP contribution >= 0.6 is 0 Å². The zero-order valence-corrected chi connectivity index (χ0v) is 66.2. The third kappa shape index (κ3) is 9.46. The van der Waals surface area contributed by atoms with Crippen molar-refractivity contribution in [1.82, 2.24) is 0 Å². The minimum absolute atomic E-state index is 0.206. The molecule has 0 amide bonds. The molecule has 0 heterocycles. The van der Waals surface area contributed by atoms with E-state index in [0.29, 0.717) is 0 Å². The molecule has 2 heteroatoms. The van der Waals surface area contributed by atoms with Gasteiger partial charge in [-0.05, 0) is 233 Å². The predicted octanol–water partition coefficient (Wildman–Crippen LogP) is 30.3. The van der Waals surface area contributed by atoms with E-state index in [-0.39, 0.29) is 10.8 Å². The number of hydrogen-bond donors (Lipinski definition) is 0. The van der Waals surface area contributed by atoms with E-state index >= 15 is 0 Å². The van der Waals surface area contributed by atoms with Crippen molar-refractivity contribution in [3.05, 3.63) is 479 Å². The van der Waals surface area contributed by atoms with Gasteiger partial charge in [0.15, 0.2) is 0 Å². The first-order chi connectivity index (χ1) is 58.1. The maximum Gasteiger partial charge on any atom is 0.0726 e. The van der Waals surface area contributed by atoms with Gasteiger partial charge in [-0.15, -0.1) is 0 Å². The van der Waals surface area contributed by atoms with E-state index in [0.717, 1.165) is 61.9 Å². The van der Waals surface area contributed by atoms with Gasteiger partial charge in [-0.3, -0.25) is 0 Å². The Balaban J connectivity index is 0.612. The molecule has 1 unspecified atom stereocenters. The summed E-state index contributed by atoms with van der Waals surface area (Å²) in [5.74, 6) is 0. The molecule has 2 spiro atoms. The number of para-hydroxylation sites is 1. The molecule has 0 radical (unpaired) electrons. The third-order valence-corrected chi connectivity index (χ3v) is 27.5. The van der Waals surface area contributed by atoms with Crippen LogP contribution in [0.1, 0.15) is 94.5 Å². The van der Waals surface area contributed by atoms with Gasteiger partial charge in [0.1, 0.15) is 0 Å². The van der Waals surface area contributed by atoms with Gasteiger partial charge in [0, 0.05) is 44.6 Å². The number of fused-ring (bicyclic) bond motifs is 26. The largest absolute Gasteiger partial charge is 0.310 e. The SMILES string of the molecule is CC1(C)c2ccccc2-c2ccc(N(c3cccc(-c4cccc(-c5ccccc5)c4)c3)c3cccc4c3-c3ccccc3C43c4ccccc4-c4c(-c5ccc(-c6ccc(-c7ccccc7N(c7ccc8c(c7)C(C)(C)c7ccccc7-8)c7cccc8c7-c7ccccc7C87c8ccccc8-c8ccccc87)cc6)cc5)cccc43)cc21. The third-order valence-electron chi connectivity index (χ3n) is 27.5. The van der Waals surface area contributed by atoms with Crippen LogP contribution < -0.4 is 9.80 Å². The van der Waals surface area contributed by atoms with Crippen LogP contribution in [-0.2, 0) is 21.7 Å². The molecule has 0 saturated heterocycles. The van der Waals surface area contributed by atoms with Gasteiger partial charge in [-0.25, -0.2) is 0 Å². The molecule has 554 valence electrons. The van der Waals surface area contributed by atoms with Crippen LogP contribution in [0.25, 0.3) is 122 Å². The number of nitrogens with zero attached hydrogens (tertiary/aromatic N) is 2. The summed E-state index contributed by atoms with van der Waals surface area (Å²) in [5.41, 5.74) is 48.3. The van der Waals surface area contributed by atoms with Crippen LogP contribution in [0.2, 0.25) is 0 Å². The molecule has 6 aliphatic rings. The minimum atomic E-state index is -0.622. The lowest BCUT2D eigenvalue weighted by atomic mass is 9.70. The molecule has 18 aromatic carbocycles.